The van der Waals surface area contributed by atoms with Crippen molar-refractivity contribution >= 4 is 41.3 Å². The zero-order chi connectivity index (χ0) is 23.7. The summed E-state index contributed by atoms with van der Waals surface area (Å²) in [6, 6.07) is 5.05. The van der Waals surface area contributed by atoms with E-state index in [1.807, 2.05) is 17.8 Å². The fraction of sp³-hybridized carbons (Fsp3) is 0.316. The number of rotatable bonds is 5. The monoisotopic (exact) mass is 465 g/mol. The highest BCUT2D eigenvalue weighted by Crippen LogP contribution is 2.23. The fourth-order valence-corrected chi connectivity index (χ4v) is 3.42. The Labute approximate surface area is 186 Å². The highest BCUT2D eigenvalue weighted by Gasteiger charge is 2.23. The van der Waals surface area contributed by atoms with Gasteiger partial charge in [0.2, 0.25) is 0 Å². The SMILES string of the molecule is C=O.CS(=O)c1ccc(N2CCN(c3nccc(COC(=O)N=C(N)N)c3F)CC2)nc1. The summed E-state index contributed by atoms with van der Waals surface area (Å²) in [5.41, 5.74) is 10.4. The van der Waals surface area contributed by atoms with Crippen LogP contribution in [0.4, 0.5) is 20.8 Å². The molecule has 1 saturated heterocycles. The third-order valence-corrected chi connectivity index (χ3v) is 5.38. The van der Waals surface area contributed by atoms with Crippen molar-refractivity contribution < 1.29 is 22.9 Å². The average Bonchev–Trinajstić information content (AvgIpc) is 2.79. The number of ether oxygens (including phenoxy) is 1. The van der Waals surface area contributed by atoms with Crippen molar-refractivity contribution in [1.29, 1.82) is 0 Å². The van der Waals surface area contributed by atoms with Gasteiger partial charge in [0.25, 0.3) is 0 Å². The normalized spacial score (nSPS) is 14.1. The zero-order valence-corrected chi connectivity index (χ0v) is 18.3. The average molecular weight is 466 g/mol. The number of hydrogen-bond donors (Lipinski definition) is 2. The van der Waals surface area contributed by atoms with Gasteiger partial charge in [-0.15, -0.1) is 4.99 Å². The molecule has 2 aromatic heterocycles. The van der Waals surface area contributed by atoms with Crippen LogP contribution in [-0.4, -0.2) is 65.5 Å². The van der Waals surface area contributed by atoms with Crippen LogP contribution < -0.4 is 21.3 Å². The summed E-state index contributed by atoms with van der Waals surface area (Å²) < 4.78 is 31.2. The van der Waals surface area contributed by atoms with Crippen molar-refractivity contribution in [1.82, 2.24) is 9.97 Å². The number of pyridine rings is 2. The van der Waals surface area contributed by atoms with E-state index in [1.54, 1.807) is 18.5 Å². The number of carbonyl (C=O) groups excluding carboxylic acids is 2. The van der Waals surface area contributed by atoms with Gasteiger partial charge in [-0.2, -0.15) is 0 Å². The number of aliphatic imine (C=N–C) groups is 1. The first-order chi connectivity index (χ1) is 15.3. The quantitative estimate of drug-likeness (QED) is 0.468. The van der Waals surface area contributed by atoms with Crippen molar-refractivity contribution in [2.45, 2.75) is 11.5 Å². The first-order valence-electron chi connectivity index (χ1n) is 9.33. The van der Waals surface area contributed by atoms with E-state index < -0.39 is 28.7 Å². The van der Waals surface area contributed by atoms with Crippen LogP contribution in [-0.2, 0) is 26.9 Å². The molecule has 0 aliphatic carbocycles. The van der Waals surface area contributed by atoms with E-state index in [-0.39, 0.29) is 18.0 Å². The summed E-state index contributed by atoms with van der Waals surface area (Å²) in [6.45, 7) is 3.99. The van der Waals surface area contributed by atoms with E-state index >= 15 is 0 Å². The molecule has 0 saturated carbocycles. The molecule has 172 valence electrons. The van der Waals surface area contributed by atoms with Crippen molar-refractivity contribution in [2.24, 2.45) is 16.5 Å². The van der Waals surface area contributed by atoms with Crippen LogP contribution in [0.5, 0.6) is 0 Å². The van der Waals surface area contributed by atoms with E-state index in [4.69, 9.17) is 21.0 Å². The predicted octanol–water partition coefficient (Wildman–Crippen LogP) is 0.405. The van der Waals surface area contributed by atoms with Crippen LogP contribution >= 0.6 is 0 Å². The Morgan fingerprint density at radius 2 is 1.84 bits per heavy atom. The lowest BCUT2D eigenvalue weighted by atomic mass is 10.2. The third-order valence-electron chi connectivity index (χ3n) is 4.48. The number of hydrogen-bond acceptors (Lipinski definition) is 8. The van der Waals surface area contributed by atoms with Gasteiger partial charge < -0.3 is 30.8 Å². The smallest absolute Gasteiger partial charge is 0.437 e. The molecule has 1 fully saturated rings. The summed E-state index contributed by atoms with van der Waals surface area (Å²) in [6.07, 6.45) is 3.67. The molecular formula is C19H24FN7O4S. The summed E-state index contributed by atoms with van der Waals surface area (Å²) in [5, 5.41) is 0. The molecule has 1 aliphatic heterocycles. The maximum Gasteiger partial charge on any atom is 0.437 e. The Hall–Kier alpha value is -3.61. The number of anilines is 2. The van der Waals surface area contributed by atoms with Gasteiger partial charge in [-0.05, 0) is 18.2 Å². The highest BCUT2D eigenvalue weighted by atomic mass is 32.2. The van der Waals surface area contributed by atoms with Crippen LogP contribution in [0, 0.1) is 5.82 Å². The number of carbonyl (C=O) groups is 2. The highest BCUT2D eigenvalue weighted by molar-refractivity contribution is 7.84. The second kappa shape index (κ2) is 11.7. The summed E-state index contributed by atoms with van der Waals surface area (Å²) in [7, 11) is -1.08. The number of halogens is 1. The van der Waals surface area contributed by atoms with E-state index in [1.165, 1.54) is 12.3 Å². The summed E-state index contributed by atoms with van der Waals surface area (Å²) >= 11 is 0. The molecule has 1 amide bonds. The Balaban J connectivity index is 0.00000176. The Kier molecular flexibility index (Phi) is 9.01. The van der Waals surface area contributed by atoms with E-state index in [0.717, 1.165) is 5.82 Å². The molecule has 4 N–H and O–H groups in total. The molecule has 1 unspecified atom stereocenters. The number of nitrogens with zero attached hydrogens (tertiary/aromatic N) is 5. The molecule has 1 aliphatic rings. The number of guanidine groups is 1. The topological polar surface area (TPSA) is 157 Å². The van der Waals surface area contributed by atoms with E-state index in [0.29, 0.717) is 31.1 Å². The van der Waals surface area contributed by atoms with E-state index in [9.17, 15) is 13.4 Å². The zero-order valence-electron chi connectivity index (χ0n) is 17.4. The number of amides is 1. The lowest BCUT2D eigenvalue weighted by Gasteiger charge is -2.36. The van der Waals surface area contributed by atoms with E-state index in [2.05, 4.69) is 19.9 Å². The minimum atomic E-state index is -1.08. The van der Waals surface area contributed by atoms with Gasteiger partial charge in [-0.1, -0.05) is 0 Å². The summed E-state index contributed by atoms with van der Waals surface area (Å²) in [4.78, 5) is 35.7. The molecule has 0 bridgehead atoms. The van der Waals surface area contributed by atoms with Gasteiger partial charge >= 0.3 is 6.09 Å². The molecule has 1 atom stereocenters. The second-order valence-electron chi connectivity index (χ2n) is 6.48. The minimum absolute atomic E-state index is 0.173. The van der Waals surface area contributed by atoms with Crippen LogP contribution in [0.25, 0.3) is 0 Å². The van der Waals surface area contributed by atoms with Gasteiger partial charge in [0.15, 0.2) is 17.6 Å². The Bertz CT molecular complexity index is 978. The maximum atomic E-state index is 14.9. The van der Waals surface area contributed by atoms with Gasteiger partial charge in [0.05, 0.1) is 15.7 Å². The first-order valence-corrected chi connectivity index (χ1v) is 10.9. The van der Waals surface area contributed by atoms with Crippen LogP contribution in [0.3, 0.4) is 0 Å². The molecule has 2 aromatic rings. The molecule has 13 heteroatoms. The lowest BCUT2D eigenvalue weighted by Crippen LogP contribution is -2.47. The van der Waals surface area contributed by atoms with Crippen molar-refractivity contribution in [2.75, 3.05) is 42.2 Å². The second-order valence-corrected chi connectivity index (χ2v) is 7.86. The largest absolute Gasteiger partial charge is 0.443 e. The number of nitrogens with two attached hydrogens (primary N) is 2. The van der Waals surface area contributed by atoms with Gasteiger partial charge in [0, 0.05) is 50.4 Å². The summed E-state index contributed by atoms with van der Waals surface area (Å²) in [5.74, 6) is -0.0235. The molecular weight excluding hydrogens is 441 g/mol. The van der Waals surface area contributed by atoms with Gasteiger partial charge in [-0.25, -0.2) is 19.2 Å². The Morgan fingerprint density at radius 1 is 1.19 bits per heavy atom. The van der Waals surface area contributed by atoms with Gasteiger partial charge in [-0.3, -0.25) is 4.21 Å². The molecule has 3 heterocycles. The molecule has 11 nitrogen and oxygen atoms in total. The van der Waals surface area contributed by atoms with Crippen molar-refractivity contribution in [3.8, 4) is 0 Å². The maximum absolute atomic E-state index is 14.9. The van der Waals surface area contributed by atoms with Gasteiger partial charge in [0.1, 0.15) is 19.2 Å². The van der Waals surface area contributed by atoms with Crippen LogP contribution in [0.15, 0.2) is 40.5 Å². The minimum Gasteiger partial charge on any atom is -0.443 e. The molecule has 0 aromatic carbocycles. The van der Waals surface area contributed by atoms with Crippen molar-refractivity contribution in [3.05, 3.63) is 42.0 Å². The molecule has 0 radical (unpaired) electrons. The lowest BCUT2D eigenvalue weighted by molar-refractivity contribution is -0.0980. The molecule has 32 heavy (non-hydrogen) atoms. The first kappa shape index (κ1) is 24.7. The Morgan fingerprint density at radius 3 is 2.41 bits per heavy atom. The standard InChI is InChI=1S/C18H22FN7O3S.CH2O/c1-30(28)13-2-3-14(23-10-13)25-6-8-26(9-7-25)16-15(19)12(4-5-22-16)11-29-18(27)24-17(20)21;1-2/h2-5,10H,6-9,11H2,1H3,(H4,20,21,24,27);1H2. The number of aromatic nitrogens is 2. The van der Waals surface area contributed by atoms with Crippen LogP contribution in [0.2, 0.25) is 0 Å². The molecule has 3 rings (SSSR count). The predicted molar refractivity (Wildman–Crippen MR) is 118 cm³/mol. The van der Waals surface area contributed by atoms with Crippen LogP contribution in [0.1, 0.15) is 5.56 Å². The third kappa shape index (κ3) is 6.44. The molecule has 0 spiro atoms. The van der Waals surface area contributed by atoms with Crippen molar-refractivity contribution in [3.63, 3.8) is 0 Å². The fourth-order valence-electron chi connectivity index (χ4n) is 2.96. The number of piperazine rings is 1.